The molecule has 0 bridgehead atoms. The van der Waals surface area contributed by atoms with E-state index in [1.54, 1.807) is 6.20 Å². The zero-order valence-electron chi connectivity index (χ0n) is 10.2. The zero-order chi connectivity index (χ0) is 12.2. The number of aromatic nitrogens is 2. The lowest BCUT2D eigenvalue weighted by atomic mass is 9.81. The van der Waals surface area contributed by atoms with E-state index in [9.17, 15) is 9.90 Å². The standard InChI is InChI=1S/C12H20N2O2/c1-4-6-12(2,11(15)16)7-5-10-13-8-9-14(10)3/h8-9H,4-7H2,1-3H3,(H,15,16). The average Bonchev–Trinajstić information content (AvgIpc) is 2.61. The highest BCUT2D eigenvalue weighted by Gasteiger charge is 2.31. The summed E-state index contributed by atoms with van der Waals surface area (Å²) < 4.78 is 1.94. The van der Waals surface area contributed by atoms with Crippen molar-refractivity contribution < 1.29 is 9.90 Å². The molecule has 0 fully saturated rings. The van der Waals surface area contributed by atoms with Crippen LogP contribution in [0.4, 0.5) is 0 Å². The van der Waals surface area contributed by atoms with E-state index < -0.39 is 11.4 Å². The minimum atomic E-state index is -0.705. The van der Waals surface area contributed by atoms with Gasteiger partial charge in [0.1, 0.15) is 5.82 Å². The maximum Gasteiger partial charge on any atom is 0.309 e. The number of carboxylic acid groups (broad SMARTS) is 1. The lowest BCUT2D eigenvalue weighted by Gasteiger charge is -2.23. The van der Waals surface area contributed by atoms with E-state index in [4.69, 9.17) is 0 Å². The largest absolute Gasteiger partial charge is 0.481 e. The SMILES string of the molecule is CCCC(C)(CCc1nccn1C)C(=O)O. The predicted octanol–water partition coefficient (Wildman–Crippen LogP) is 2.24. The van der Waals surface area contributed by atoms with Gasteiger partial charge in [-0.2, -0.15) is 0 Å². The number of rotatable bonds is 6. The number of imidazole rings is 1. The van der Waals surface area contributed by atoms with Crippen molar-refractivity contribution in [3.63, 3.8) is 0 Å². The fraction of sp³-hybridized carbons (Fsp3) is 0.667. The molecule has 0 radical (unpaired) electrons. The number of aliphatic carboxylic acids is 1. The van der Waals surface area contributed by atoms with Gasteiger partial charge in [-0.05, 0) is 19.8 Å². The molecule has 0 amide bonds. The fourth-order valence-corrected chi connectivity index (χ4v) is 1.92. The summed E-state index contributed by atoms with van der Waals surface area (Å²) in [5.74, 6) is 0.243. The van der Waals surface area contributed by atoms with Crippen molar-refractivity contribution >= 4 is 5.97 Å². The Balaban J connectivity index is 2.64. The normalized spacial score (nSPS) is 14.7. The summed E-state index contributed by atoms with van der Waals surface area (Å²) in [7, 11) is 1.93. The molecule has 1 aromatic heterocycles. The van der Waals surface area contributed by atoms with Gasteiger partial charge >= 0.3 is 5.97 Å². The van der Waals surface area contributed by atoms with Crippen molar-refractivity contribution in [1.82, 2.24) is 9.55 Å². The second kappa shape index (κ2) is 5.14. The van der Waals surface area contributed by atoms with E-state index in [1.165, 1.54) is 0 Å². The molecule has 0 aliphatic heterocycles. The van der Waals surface area contributed by atoms with E-state index in [-0.39, 0.29) is 0 Å². The molecular formula is C12H20N2O2. The lowest BCUT2D eigenvalue weighted by Crippen LogP contribution is -2.28. The van der Waals surface area contributed by atoms with Crippen LogP contribution >= 0.6 is 0 Å². The Labute approximate surface area is 96.3 Å². The van der Waals surface area contributed by atoms with Gasteiger partial charge in [-0.25, -0.2) is 4.98 Å². The highest BCUT2D eigenvalue weighted by molar-refractivity contribution is 5.74. The van der Waals surface area contributed by atoms with Gasteiger partial charge in [0.15, 0.2) is 0 Å². The summed E-state index contributed by atoms with van der Waals surface area (Å²) >= 11 is 0. The van der Waals surface area contributed by atoms with Crippen molar-refractivity contribution in [2.45, 2.75) is 39.5 Å². The molecule has 1 rings (SSSR count). The highest BCUT2D eigenvalue weighted by Crippen LogP contribution is 2.29. The van der Waals surface area contributed by atoms with Gasteiger partial charge in [0, 0.05) is 25.9 Å². The number of hydrogen-bond acceptors (Lipinski definition) is 2. The summed E-state index contributed by atoms with van der Waals surface area (Å²) in [4.78, 5) is 15.4. The van der Waals surface area contributed by atoms with Crippen LogP contribution in [0.2, 0.25) is 0 Å². The van der Waals surface area contributed by atoms with Gasteiger partial charge < -0.3 is 9.67 Å². The number of carbonyl (C=O) groups is 1. The second-order valence-corrected chi connectivity index (χ2v) is 4.57. The summed E-state index contributed by atoms with van der Waals surface area (Å²) in [5, 5.41) is 9.23. The third-order valence-electron chi connectivity index (χ3n) is 3.14. The molecule has 0 saturated carbocycles. The lowest BCUT2D eigenvalue weighted by molar-refractivity contribution is -0.148. The maximum atomic E-state index is 11.2. The van der Waals surface area contributed by atoms with Crippen LogP contribution in [0.25, 0.3) is 0 Å². The van der Waals surface area contributed by atoms with E-state index in [0.717, 1.165) is 12.2 Å². The summed E-state index contributed by atoms with van der Waals surface area (Å²) in [5.41, 5.74) is -0.624. The smallest absolute Gasteiger partial charge is 0.309 e. The molecule has 0 aliphatic rings. The van der Waals surface area contributed by atoms with Crippen LogP contribution in [0.5, 0.6) is 0 Å². The first kappa shape index (κ1) is 12.7. The van der Waals surface area contributed by atoms with Crippen LogP contribution in [0.1, 0.15) is 38.9 Å². The Kier molecular flexibility index (Phi) is 4.10. The van der Waals surface area contributed by atoms with Crippen molar-refractivity contribution in [3.05, 3.63) is 18.2 Å². The first-order chi connectivity index (χ1) is 7.49. The third-order valence-corrected chi connectivity index (χ3v) is 3.14. The molecule has 4 heteroatoms. The molecule has 16 heavy (non-hydrogen) atoms. The Morgan fingerprint density at radius 2 is 2.25 bits per heavy atom. The topological polar surface area (TPSA) is 55.1 Å². The van der Waals surface area contributed by atoms with Crippen LogP contribution in [-0.4, -0.2) is 20.6 Å². The molecule has 1 aromatic rings. The van der Waals surface area contributed by atoms with Crippen molar-refractivity contribution in [3.8, 4) is 0 Å². The summed E-state index contributed by atoms with van der Waals surface area (Å²) in [6, 6.07) is 0. The minimum absolute atomic E-state index is 0.624. The number of hydrogen-bond donors (Lipinski definition) is 1. The van der Waals surface area contributed by atoms with Gasteiger partial charge in [0.05, 0.1) is 5.41 Å². The molecule has 0 aliphatic carbocycles. The van der Waals surface area contributed by atoms with Gasteiger partial charge in [-0.3, -0.25) is 4.79 Å². The van der Waals surface area contributed by atoms with E-state index in [1.807, 2.05) is 31.7 Å². The Bertz CT molecular complexity index is 360. The molecule has 1 N–H and O–H groups in total. The van der Waals surface area contributed by atoms with Crippen molar-refractivity contribution in [1.29, 1.82) is 0 Å². The van der Waals surface area contributed by atoms with Gasteiger partial charge in [-0.1, -0.05) is 13.3 Å². The predicted molar refractivity (Wildman–Crippen MR) is 62.2 cm³/mol. The molecular weight excluding hydrogens is 204 g/mol. The molecule has 90 valence electrons. The minimum Gasteiger partial charge on any atom is -0.481 e. The number of nitrogens with zero attached hydrogens (tertiary/aromatic N) is 2. The third kappa shape index (κ3) is 2.84. The van der Waals surface area contributed by atoms with Crippen molar-refractivity contribution in [2.24, 2.45) is 12.5 Å². The van der Waals surface area contributed by atoms with Crippen LogP contribution in [0, 0.1) is 5.41 Å². The Morgan fingerprint density at radius 1 is 1.56 bits per heavy atom. The Hall–Kier alpha value is -1.32. The van der Waals surface area contributed by atoms with Gasteiger partial charge in [-0.15, -0.1) is 0 Å². The van der Waals surface area contributed by atoms with E-state index in [0.29, 0.717) is 19.3 Å². The molecule has 0 saturated heterocycles. The van der Waals surface area contributed by atoms with Crippen LogP contribution in [-0.2, 0) is 18.3 Å². The van der Waals surface area contributed by atoms with Crippen LogP contribution < -0.4 is 0 Å². The van der Waals surface area contributed by atoms with Gasteiger partial charge in [0.25, 0.3) is 0 Å². The summed E-state index contributed by atoms with van der Waals surface area (Å²) in [6.45, 7) is 3.84. The summed E-state index contributed by atoms with van der Waals surface area (Å²) in [6.07, 6.45) is 6.59. The van der Waals surface area contributed by atoms with Gasteiger partial charge in [0.2, 0.25) is 0 Å². The number of aryl methyl sites for hydroxylation is 2. The van der Waals surface area contributed by atoms with Crippen LogP contribution in [0.3, 0.4) is 0 Å². The first-order valence-electron chi connectivity index (χ1n) is 5.69. The first-order valence-corrected chi connectivity index (χ1v) is 5.69. The average molecular weight is 224 g/mol. The molecule has 4 nitrogen and oxygen atoms in total. The Morgan fingerprint density at radius 3 is 2.69 bits per heavy atom. The van der Waals surface area contributed by atoms with E-state index >= 15 is 0 Å². The zero-order valence-corrected chi connectivity index (χ0v) is 10.2. The maximum absolute atomic E-state index is 11.2. The number of carboxylic acids is 1. The molecule has 1 atom stereocenters. The monoisotopic (exact) mass is 224 g/mol. The fourth-order valence-electron chi connectivity index (χ4n) is 1.92. The van der Waals surface area contributed by atoms with Crippen molar-refractivity contribution in [2.75, 3.05) is 0 Å². The van der Waals surface area contributed by atoms with E-state index in [2.05, 4.69) is 4.98 Å². The molecule has 0 aromatic carbocycles. The molecule has 0 spiro atoms. The quantitative estimate of drug-likeness (QED) is 0.806. The molecule has 1 heterocycles. The molecule has 1 unspecified atom stereocenters. The highest BCUT2D eigenvalue weighted by atomic mass is 16.4. The van der Waals surface area contributed by atoms with Crippen LogP contribution in [0.15, 0.2) is 12.4 Å². The second-order valence-electron chi connectivity index (χ2n) is 4.57.